The third-order valence-corrected chi connectivity index (χ3v) is 7.18. The monoisotopic (exact) mass is 462 g/mol. The van der Waals surface area contributed by atoms with E-state index in [4.69, 9.17) is 4.74 Å². The van der Waals surface area contributed by atoms with Crippen molar-refractivity contribution in [3.05, 3.63) is 53.6 Å². The zero-order chi connectivity index (χ0) is 22.4. The summed E-state index contributed by atoms with van der Waals surface area (Å²) in [4.78, 5) is 27.3. The van der Waals surface area contributed by atoms with Crippen LogP contribution < -0.4 is 4.72 Å². The summed E-state index contributed by atoms with van der Waals surface area (Å²) in [7, 11) is -3.91. The molecule has 1 amide bonds. The van der Waals surface area contributed by atoms with Gasteiger partial charge in [0, 0.05) is 23.7 Å². The molecule has 7 nitrogen and oxygen atoms in total. The third-order valence-electron chi connectivity index (χ3n) is 5.00. The summed E-state index contributed by atoms with van der Waals surface area (Å²) in [5.41, 5.74) is 1.05. The Kier molecular flexibility index (Phi) is 7.61. The number of piperidine rings is 1. The molecule has 1 saturated heterocycles. The van der Waals surface area contributed by atoms with Gasteiger partial charge < -0.3 is 9.64 Å². The Morgan fingerprint density at radius 2 is 1.74 bits per heavy atom. The molecule has 1 fully saturated rings. The summed E-state index contributed by atoms with van der Waals surface area (Å²) in [6.07, 6.45) is 4.88. The molecule has 2 aromatic rings. The van der Waals surface area contributed by atoms with Crippen LogP contribution in [0, 0.1) is 0 Å². The summed E-state index contributed by atoms with van der Waals surface area (Å²) in [6.45, 7) is 3.36. The van der Waals surface area contributed by atoms with Crippen LogP contribution in [0.2, 0.25) is 0 Å². The maximum absolute atomic E-state index is 13.0. The fourth-order valence-electron chi connectivity index (χ4n) is 3.39. The molecule has 31 heavy (non-hydrogen) atoms. The minimum atomic E-state index is -3.91. The average Bonchev–Trinajstić information content (AvgIpc) is 2.79. The van der Waals surface area contributed by atoms with Crippen LogP contribution in [0.1, 0.15) is 46.9 Å². The first kappa shape index (κ1) is 23.1. The van der Waals surface area contributed by atoms with Gasteiger partial charge in [0.1, 0.15) is 0 Å². The van der Waals surface area contributed by atoms with E-state index in [1.165, 1.54) is 48.2 Å². The van der Waals surface area contributed by atoms with E-state index in [2.05, 4.69) is 4.72 Å². The average molecular weight is 463 g/mol. The topological polar surface area (TPSA) is 92.8 Å². The van der Waals surface area contributed by atoms with Gasteiger partial charge in [0.05, 0.1) is 22.6 Å². The number of nitrogens with one attached hydrogen (secondary N) is 1. The van der Waals surface area contributed by atoms with Crippen LogP contribution in [-0.4, -0.2) is 51.1 Å². The lowest BCUT2D eigenvalue weighted by Crippen LogP contribution is -2.36. The van der Waals surface area contributed by atoms with Gasteiger partial charge in [0.15, 0.2) is 0 Å². The van der Waals surface area contributed by atoms with E-state index in [9.17, 15) is 18.0 Å². The molecule has 1 heterocycles. The SMILES string of the molecule is CCOC(=O)c1ccc(NS(=O)(=O)c2ccc(SC)c(C(=O)N3CCCCC3)c2)cc1. The molecule has 0 atom stereocenters. The van der Waals surface area contributed by atoms with E-state index < -0.39 is 16.0 Å². The number of thioether (sulfide) groups is 1. The number of hydrogen-bond donors (Lipinski definition) is 1. The Morgan fingerprint density at radius 3 is 2.35 bits per heavy atom. The minimum absolute atomic E-state index is 0.0140. The Labute approximate surface area is 187 Å². The fourth-order valence-corrected chi connectivity index (χ4v) is 5.05. The summed E-state index contributed by atoms with van der Waals surface area (Å²) in [5, 5.41) is 0. The summed E-state index contributed by atoms with van der Waals surface area (Å²) in [5.74, 6) is -0.606. The highest BCUT2D eigenvalue weighted by Crippen LogP contribution is 2.27. The number of rotatable bonds is 7. The lowest BCUT2D eigenvalue weighted by molar-refractivity contribution is 0.0526. The minimum Gasteiger partial charge on any atom is -0.462 e. The second-order valence-corrected chi connectivity index (χ2v) is 9.65. The zero-order valence-electron chi connectivity index (χ0n) is 17.6. The van der Waals surface area contributed by atoms with Crippen molar-refractivity contribution in [2.45, 2.75) is 36.0 Å². The number of anilines is 1. The van der Waals surface area contributed by atoms with Crippen LogP contribution in [0.4, 0.5) is 5.69 Å². The predicted molar refractivity (Wildman–Crippen MR) is 121 cm³/mol. The predicted octanol–water partition coefficient (Wildman–Crippen LogP) is 4.01. The molecule has 9 heteroatoms. The lowest BCUT2D eigenvalue weighted by Gasteiger charge is -2.27. The van der Waals surface area contributed by atoms with E-state index >= 15 is 0 Å². The van der Waals surface area contributed by atoms with Gasteiger partial charge in [0.2, 0.25) is 0 Å². The molecule has 0 aromatic heterocycles. The number of nitrogens with zero attached hydrogens (tertiary/aromatic N) is 1. The van der Waals surface area contributed by atoms with Crippen LogP contribution in [0.3, 0.4) is 0 Å². The highest BCUT2D eigenvalue weighted by Gasteiger charge is 2.24. The number of benzene rings is 2. The van der Waals surface area contributed by atoms with Gasteiger partial charge in [-0.1, -0.05) is 0 Å². The first-order valence-corrected chi connectivity index (χ1v) is 12.8. The van der Waals surface area contributed by atoms with E-state index in [0.29, 0.717) is 29.9 Å². The van der Waals surface area contributed by atoms with Crippen LogP contribution in [0.15, 0.2) is 52.3 Å². The van der Waals surface area contributed by atoms with Crippen LogP contribution in [0.5, 0.6) is 0 Å². The highest BCUT2D eigenvalue weighted by molar-refractivity contribution is 7.98. The summed E-state index contributed by atoms with van der Waals surface area (Å²) >= 11 is 1.41. The molecule has 0 spiro atoms. The van der Waals surface area contributed by atoms with Gasteiger partial charge in [-0.25, -0.2) is 13.2 Å². The van der Waals surface area contributed by atoms with E-state index in [1.807, 2.05) is 6.26 Å². The van der Waals surface area contributed by atoms with Crippen molar-refractivity contribution in [3.63, 3.8) is 0 Å². The van der Waals surface area contributed by atoms with E-state index in [1.54, 1.807) is 17.9 Å². The second kappa shape index (κ2) is 10.2. The molecular weight excluding hydrogens is 436 g/mol. The first-order chi connectivity index (χ1) is 14.9. The smallest absolute Gasteiger partial charge is 0.338 e. The molecule has 1 aliphatic heterocycles. The maximum Gasteiger partial charge on any atom is 0.338 e. The summed E-state index contributed by atoms with van der Waals surface area (Å²) in [6, 6.07) is 10.6. The standard InChI is InChI=1S/C22H26N2O5S2/c1-3-29-22(26)16-7-9-17(10-8-16)23-31(27,28)18-11-12-20(30-2)19(15-18)21(25)24-13-5-4-6-14-24/h7-12,15,23H,3-6,13-14H2,1-2H3. The van der Waals surface area contributed by atoms with Crippen LogP contribution >= 0.6 is 11.8 Å². The normalized spacial score (nSPS) is 14.2. The molecule has 1 N–H and O–H groups in total. The van der Waals surface area contributed by atoms with Crippen molar-refractivity contribution in [1.29, 1.82) is 0 Å². The molecule has 166 valence electrons. The number of esters is 1. The van der Waals surface area contributed by atoms with Gasteiger partial charge in [-0.05, 0) is 74.9 Å². The van der Waals surface area contributed by atoms with E-state index in [-0.39, 0.29) is 17.4 Å². The van der Waals surface area contributed by atoms with Crippen molar-refractivity contribution < 1.29 is 22.7 Å². The molecule has 0 aliphatic carbocycles. The van der Waals surface area contributed by atoms with E-state index in [0.717, 1.165) is 24.2 Å². The van der Waals surface area contributed by atoms with Gasteiger partial charge >= 0.3 is 5.97 Å². The molecule has 0 unspecified atom stereocenters. The third kappa shape index (κ3) is 5.59. The van der Waals surface area contributed by atoms with Crippen molar-refractivity contribution in [2.75, 3.05) is 30.7 Å². The van der Waals surface area contributed by atoms with Crippen molar-refractivity contribution >= 4 is 39.3 Å². The number of carbonyl (C=O) groups excluding carboxylic acids is 2. The quantitative estimate of drug-likeness (QED) is 0.494. The Bertz CT molecular complexity index is 1050. The van der Waals surface area contributed by atoms with Gasteiger partial charge in [0.25, 0.3) is 15.9 Å². The van der Waals surface area contributed by atoms with Gasteiger partial charge in [-0.3, -0.25) is 9.52 Å². The number of amides is 1. The van der Waals surface area contributed by atoms with Gasteiger partial charge in [-0.15, -0.1) is 11.8 Å². The number of hydrogen-bond acceptors (Lipinski definition) is 6. The fraction of sp³-hybridized carbons (Fsp3) is 0.364. The Balaban J connectivity index is 1.83. The Morgan fingerprint density at radius 1 is 1.06 bits per heavy atom. The van der Waals surface area contributed by atoms with Crippen molar-refractivity contribution in [3.8, 4) is 0 Å². The van der Waals surface area contributed by atoms with Crippen LogP contribution in [0.25, 0.3) is 0 Å². The molecule has 0 saturated carbocycles. The molecule has 1 aliphatic rings. The molecular formula is C22H26N2O5S2. The lowest BCUT2D eigenvalue weighted by atomic mass is 10.1. The van der Waals surface area contributed by atoms with Crippen LogP contribution in [-0.2, 0) is 14.8 Å². The number of likely N-dealkylation sites (tertiary alicyclic amines) is 1. The second-order valence-electron chi connectivity index (χ2n) is 7.12. The Hall–Kier alpha value is -2.52. The van der Waals surface area contributed by atoms with Crippen molar-refractivity contribution in [1.82, 2.24) is 4.90 Å². The molecule has 2 aromatic carbocycles. The zero-order valence-corrected chi connectivity index (χ0v) is 19.2. The highest BCUT2D eigenvalue weighted by atomic mass is 32.2. The largest absolute Gasteiger partial charge is 0.462 e. The van der Waals surface area contributed by atoms with Gasteiger partial charge in [-0.2, -0.15) is 0 Å². The number of sulfonamides is 1. The summed E-state index contributed by atoms with van der Waals surface area (Å²) < 4.78 is 33.3. The number of carbonyl (C=O) groups is 2. The molecule has 0 bridgehead atoms. The number of ether oxygens (including phenoxy) is 1. The first-order valence-electron chi connectivity index (χ1n) is 10.1. The maximum atomic E-state index is 13.0. The molecule has 3 rings (SSSR count). The molecule has 0 radical (unpaired) electrons. The van der Waals surface area contributed by atoms with Crippen molar-refractivity contribution in [2.24, 2.45) is 0 Å².